The Morgan fingerprint density at radius 2 is 2.24 bits per heavy atom. The van der Waals surface area contributed by atoms with Gasteiger partial charge in [0.05, 0.1) is 6.42 Å². The van der Waals surface area contributed by atoms with Gasteiger partial charge in [-0.25, -0.2) is 4.39 Å². The molecular weight excluding hydrogens is 311 g/mol. The van der Waals surface area contributed by atoms with Crippen LogP contribution in [0.2, 0.25) is 0 Å². The molecule has 0 radical (unpaired) electrons. The molecule has 1 aromatic rings. The van der Waals surface area contributed by atoms with Crippen molar-refractivity contribution in [1.29, 1.82) is 0 Å². The van der Waals surface area contributed by atoms with Crippen molar-refractivity contribution in [3.63, 3.8) is 0 Å². The zero-order valence-corrected chi connectivity index (χ0v) is 11.6. The molecule has 17 heavy (non-hydrogen) atoms. The summed E-state index contributed by atoms with van der Waals surface area (Å²) >= 11 is 3.18. The van der Waals surface area contributed by atoms with Crippen molar-refractivity contribution in [3.05, 3.63) is 34.1 Å². The van der Waals surface area contributed by atoms with Crippen LogP contribution in [0.3, 0.4) is 0 Å². The summed E-state index contributed by atoms with van der Waals surface area (Å²) in [7, 11) is -1.29. The summed E-state index contributed by atoms with van der Waals surface area (Å²) in [6.45, 7) is 1.63. The highest BCUT2D eigenvalue weighted by Crippen LogP contribution is 2.20. The van der Waals surface area contributed by atoms with Crippen molar-refractivity contribution >= 4 is 32.7 Å². The Labute approximate surface area is 110 Å². The highest BCUT2D eigenvalue weighted by Gasteiger charge is 2.16. The first-order valence-electron chi connectivity index (χ1n) is 4.93. The van der Waals surface area contributed by atoms with E-state index in [2.05, 4.69) is 15.9 Å². The molecule has 0 aromatic heterocycles. The van der Waals surface area contributed by atoms with Crippen molar-refractivity contribution in [2.45, 2.75) is 24.3 Å². The van der Waals surface area contributed by atoms with Gasteiger partial charge in [-0.05, 0) is 17.7 Å². The van der Waals surface area contributed by atoms with Crippen LogP contribution in [-0.4, -0.2) is 20.5 Å². The van der Waals surface area contributed by atoms with Gasteiger partial charge >= 0.3 is 5.97 Å². The lowest BCUT2D eigenvalue weighted by Crippen LogP contribution is -2.17. The molecule has 1 aromatic carbocycles. The predicted octanol–water partition coefficient (Wildman–Crippen LogP) is 2.70. The van der Waals surface area contributed by atoms with Gasteiger partial charge in [0.2, 0.25) is 0 Å². The number of aliphatic carboxylic acids is 1. The fourth-order valence-electron chi connectivity index (χ4n) is 1.27. The Morgan fingerprint density at radius 3 is 2.76 bits per heavy atom. The van der Waals surface area contributed by atoms with Crippen LogP contribution in [0, 0.1) is 5.82 Å². The van der Waals surface area contributed by atoms with Gasteiger partial charge in [0.15, 0.2) is 0 Å². The number of halogens is 2. The molecule has 0 fully saturated rings. The molecule has 1 rings (SSSR count). The third-order valence-corrected chi connectivity index (χ3v) is 4.62. The van der Waals surface area contributed by atoms with Crippen LogP contribution in [0.25, 0.3) is 0 Å². The Hall–Kier alpha value is -0.750. The first kappa shape index (κ1) is 14.3. The van der Waals surface area contributed by atoms with E-state index in [1.807, 2.05) is 0 Å². The van der Waals surface area contributed by atoms with Crippen LogP contribution in [0.5, 0.6) is 0 Å². The van der Waals surface area contributed by atoms with Gasteiger partial charge in [-0.15, -0.1) is 0 Å². The third kappa shape index (κ3) is 4.55. The van der Waals surface area contributed by atoms with Gasteiger partial charge in [-0.1, -0.05) is 28.9 Å². The van der Waals surface area contributed by atoms with Gasteiger partial charge < -0.3 is 5.11 Å². The van der Waals surface area contributed by atoms with Crippen molar-refractivity contribution in [3.8, 4) is 0 Å². The molecule has 1 N–H and O–H groups in total. The van der Waals surface area contributed by atoms with Crippen LogP contribution in [0.1, 0.15) is 18.9 Å². The summed E-state index contributed by atoms with van der Waals surface area (Å²) in [4.78, 5) is 10.5. The summed E-state index contributed by atoms with van der Waals surface area (Å²) < 4.78 is 25.2. The Kier molecular flexibility index (Phi) is 5.27. The molecule has 0 heterocycles. The number of carbonyl (C=O) groups is 1. The number of rotatable bonds is 5. The molecule has 3 nitrogen and oxygen atoms in total. The van der Waals surface area contributed by atoms with E-state index in [4.69, 9.17) is 5.11 Å². The lowest BCUT2D eigenvalue weighted by molar-refractivity contribution is -0.136. The predicted molar refractivity (Wildman–Crippen MR) is 67.7 cm³/mol. The summed E-state index contributed by atoms with van der Waals surface area (Å²) in [5.74, 6) is -1.12. The Morgan fingerprint density at radius 1 is 1.59 bits per heavy atom. The van der Waals surface area contributed by atoms with E-state index in [9.17, 15) is 13.4 Å². The third-order valence-electron chi connectivity index (χ3n) is 2.22. The van der Waals surface area contributed by atoms with Gasteiger partial charge in [0.25, 0.3) is 0 Å². The molecule has 2 atom stereocenters. The Balaban J connectivity index is 2.71. The van der Waals surface area contributed by atoms with Gasteiger partial charge in [0.1, 0.15) is 5.82 Å². The van der Waals surface area contributed by atoms with Crippen LogP contribution >= 0.6 is 15.9 Å². The highest BCUT2D eigenvalue weighted by atomic mass is 79.9. The van der Waals surface area contributed by atoms with Crippen molar-refractivity contribution in [2.75, 3.05) is 0 Å². The molecule has 6 heteroatoms. The van der Waals surface area contributed by atoms with E-state index >= 15 is 0 Å². The van der Waals surface area contributed by atoms with E-state index in [1.165, 1.54) is 12.1 Å². The van der Waals surface area contributed by atoms with Crippen LogP contribution in [0.4, 0.5) is 4.39 Å². The number of carboxylic acids is 1. The van der Waals surface area contributed by atoms with Crippen LogP contribution in [-0.2, 0) is 21.3 Å². The Bertz CT molecular complexity index is 450. The number of hydrogen-bond donors (Lipinski definition) is 1. The molecule has 2 unspecified atom stereocenters. The molecule has 0 aliphatic heterocycles. The molecule has 0 spiro atoms. The van der Waals surface area contributed by atoms with E-state index in [0.29, 0.717) is 10.0 Å². The molecule has 0 aliphatic rings. The molecule has 0 aliphatic carbocycles. The second kappa shape index (κ2) is 6.26. The summed E-state index contributed by atoms with van der Waals surface area (Å²) in [5, 5.41) is 8.17. The van der Waals surface area contributed by atoms with E-state index < -0.39 is 22.0 Å². The highest BCUT2D eigenvalue weighted by molar-refractivity contribution is 9.10. The van der Waals surface area contributed by atoms with E-state index in [0.717, 1.165) is 0 Å². The van der Waals surface area contributed by atoms with Gasteiger partial charge in [-0.2, -0.15) is 0 Å². The number of hydrogen-bond acceptors (Lipinski definition) is 2. The van der Waals surface area contributed by atoms with Crippen LogP contribution in [0.15, 0.2) is 22.7 Å². The van der Waals surface area contributed by atoms with Crippen molar-refractivity contribution in [1.82, 2.24) is 0 Å². The largest absolute Gasteiger partial charge is 0.481 e. The fraction of sp³-hybridized carbons (Fsp3) is 0.364. The summed E-state index contributed by atoms with van der Waals surface area (Å²) in [6.07, 6.45) is -0.134. The fourth-order valence-corrected chi connectivity index (χ4v) is 3.12. The maximum atomic E-state index is 12.8. The first-order valence-corrected chi connectivity index (χ1v) is 7.10. The molecule has 94 valence electrons. The molecule has 0 bridgehead atoms. The molecule has 0 amide bonds. The smallest absolute Gasteiger partial charge is 0.304 e. The second-order valence-corrected chi connectivity index (χ2v) is 6.38. The minimum Gasteiger partial charge on any atom is -0.481 e. The normalized spacial score (nSPS) is 14.3. The summed E-state index contributed by atoms with van der Waals surface area (Å²) in [5.41, 5.74) is 0.710. The average molecular weight is 323 g/mol. The van der Waals surface area contributed by atoms with Crippen LogP contribution < -0.4 is 0 Å². The zero-order valence-electron chi connectivity index (χ0n) is 9.15. The number of carboxylic acid groups (broad SMARTS) is 1. The minimum absolute atomic E-state index is 0.134. The first-order chi connectivity index (χ1) is 7.90. The number of benzene rings is 1. The lowest BCUT2D eigenvalue weighted by Gasteiger charge is -2.10. The van der Waals surface area contributed by atoms with Gasteiger partial charge in [0, 0.05) is 26.3 Å². The monoisotopic (exact) mass is 322 g/mol. The molecular formula is C11H12BrFO3S. The maximum absolute atomic E-state index is 12.8. The minimum atomic E-state index is -1.29. The standard InChI is InChI=1S/C11H12BrFO3S/c1-7(4-11(14)15)17(16)6-8-2-3-9(13)5-10(8)12/h2-3,5,7H,4,6H2,1H3,(H,14,15). The second-order valence-electron chi connectivity index (χ2n) is 3.67. The van der Waals surface area contributed by atoms with Gasteiger partial charge in [-0.3, -0.25) is 9.00 Å². The lowest BCUT2D eigenvalue weighted by atomic mass is 10.2. The topological polar surface area (TPSA) is 54.4 Å². The summed E-state index contributed by atoms with van der Waals surface area (Å²) in [6, 6.07) is 4.14. The van der Waals surface area contributed by atoms with Crippen molar-refractivity contribution in [2.24, 2.45) is 0 Å². The molecule has 0 saturated carbocycles. The maximum Gasteiger partial charge on any atom is 0.304 e. The van der Waals surface area contributed by atoms with E-state index in [-0.39, 0.29) is 18.0 Å². The van der Waals surface area contributed by atoms with Crippen molar-refractivity contribution < 1.29 is 18.5 Å². The average Bonchev–Trinajstić information content (AvgIpc) is 2.21. The quantitative estimate of drug-likeness (QED) is 0.906. The van der Waals surface area contributed by atoms with E-state index in [1.54, 1.807) is 13.0 Å². The zero-order chi connectivity index (χ0) is 13.0. The SMILES string of the molecule is CC(CC(=O)O)S(=O)Cc1ccc(F)cc1Br. The molecule has 0 saturated heterocycles.